The van der Waals surface area contributed by atoms with Crippen LogP contribution in [0.1, 0.15) is 39.8 Å². The van der Waals surface area contributed by atoms with Crippen molar-refractivity contribution in [2.45, 2.75) is 25.9 Å². The second kappa shape index (κ2) is 7.68. The van der Waals surface area contributed by atoms with Crippen LogP contribution in [0, 0.1) is 0 Å². The number of hydrogen-bond acceptors (Lipinski definition) is 5. The number of carbonyl (C=O) groups excluding carboxylic acids is 1. The lowest BCUT2D eigenvalue weighted by molar-refractivity contribution is 0.0994. The van der Waals surface area contributed by atoms with Gasteiger partial charge in [-0.15, -0.1) is 0 Å². The second-order valence-electron chi connectivity index (χ2n) is 6.26. The lowest BCUT2D eigenvalue weighted by Gasteiger charge is -2.16. The Labute approximate surface area is 152 Å². The van der Waals surface area contributed by atoms with E-state index in [4.69, 9.17) is 16.2 Å². The normalized spacial score (nSPS) is 13.9. The average Bonchev–Trinajstić information content (AvgIpc) is 3.05. The summed E-state index contributed by atoms with van der Waals surface area (Å²) in [6, 6.07) is 9.89. The van der Waals surface area contributed by atoms with Crippen LogP contribution in [-0.4, -0.2) is 35.3 Å². The first-order valence-corrected chi connectivity index (χ1v) is 8.67. The van der Waals surface area contributed by atoms with Crippen molar-refractivity contribution in [3.63, 3.8) is 0 Å². The van der Waals surface area contributed by atoms with Crippen LogP contribution in [0.15, 0.2) is 30.3 Å². The number of aliphatic hydroxyl groups excluding tert-OH is 1. The number of aliphatic hydroxyl groups is 1. The Bertz CT molecular complexity index is 861. The van der Waals surface area contributed by atoms with Gasteiger partial charge in [-0.2, -0.15) is 0 Å². The smallest absolute Gasteiger partial charge is 0.254 e. The highest BCUT2D eigenvalue weighted by Gasteiger charge is 2.23. The number of benzene rings is 1. The van der Waals surface area contributed by atoms with Crippen LogP contribution in [0.2, 0.25) is 0 Å². The van der Waals surface area contributed by atoms with Gasteiger partial charge >= 0.3 is 0 Å². The van der Waals surface area contributed by atoms with Gasteiger partial charge in [-0.05, 0) is 29.7 Å². The molecule has 3 rings (SSSR count). The average molecular weight is 353 g/mol. The van der Waals surface area contributed by atoms with E-state index in [0.29, 0.717) is 23.7 Å². The molecule has 6 nitrogen and oxygen atoms in total. The molecule has 6 heteroatoms. The first kappa shape index (κ1) is 18.1. The highest BCUT2D eigenvalue weighted by Crippen LogP contribution is 2.34. The van der Waals surface area contributed by atoms with Crippen molar-refractivity contribution in [3.8, 4) is 5.75 Å². The Balaban J connectivity index is 2.08. The van der Waals surface area contributed by atoms with Crippen molar-refractivity contribution in [1.82, 2.24) is 4.98 Å². The molecule has 0 bridgehead atoms. The van der Waals surface area contributed by atoms with Gasteiger partial charge in [-0.3, -0.25) is 9.78 Å². The largest absolute Gasteiger partial charge is 0.493 e. The molecular weight excluding hydrogens is 330 g/mol. The van der Waals surface area contributed by atoms with Crippen LogP contribution in [0.4, 0.5) is 0 Å². The molecule has 1 heterocycles. The molecule has 0 fully saturated rings. The minimum Gasteiger partial charge on any atom is -0.493 e. The summed E-state index contributed by atoms with van der Waals surface area (Å²) in [7, 11) is 0. The SMILES string of the molecule is CCOc1cc(C2=Cc3ccccc3C2)nc(CC(O)CN)c1C(N)=O. The molecule has 1 aromatic carbocycles. The van der Waals surface area contributed by atoms with Crippen molar-refractivity contribution >= 4 is 17.6 Å². The number of fused-ring (bicyclic) bond motifs is 1. The molecule has 1 amide bonds. The van der Waals surface area contributed by atoms with Crippen LogP contribution < -0.4 is 16.2 Å². The van der Waals surface area contributed by atoms with Crippen molar-refractivity contribution in [3.05, 3.63) is 58.4 Å². The van der Waals surface area contributed by atoms with E-state index in [0.717, 1.165) is 17.6 Å². The van der Waals surface area contributed by atoms with Crippen LogP contribution >= 0.6 is 0 Å². The fraction of sp³-hybridized carbons (Fsp3) is 0.300. The van der Waals surface area contributed by atoms with Crippen molar-refractivity contribution in [2.24, 2.45) is 11.5 Å². The van der Waals surface area contributed by atoms with E-state index in [1.165, 1.54) is 5.56 Å². The predicted octanol–water partition coefficient (Wildman–Crippen LogP) is 1.54. The molecule has 0 radical (unpaired) electrons. The minimum absolute atomic E-state index is 0.0716. The highest BCUT2D eigenvalue weighted by molar-refractivity contribution is 5.97. The third-order valence-corrected chi connectivity index (χ3v) is 4.40. The zero-order valence-electron chi connectivity index (χ0n) is 14.7. The van der Waals surface area contributed by atoms with E-state index in [9.17, 15) is 9.90 Å². The van der Waals surface area contributed by atoms with Gasteiger partial charge in [0.15, 0.2) is 0 Å². The summed E-state index contributed by atoms with van der Waals surface area (Å²) < 4.78 is 5.65. The number of nitrogens with zero attached hydrogens (tertiary/aromatic N) is 1. The van der Waals surface area contributed by atoms with Crippen LogP contribution in [-0.2, 0) is 12.8 Å². The summed E-state index contributed by atoms with van der Waals surface area (Å²) >= 11 is 0. The number of ether oxygens (including phenoxy) is 1. The van der Waals surface area contributed by atoms with E-state index in [-0.39, 0.29) is 18.5 Å². The van der Waals surface area contributed by atoms with Gasteiger partial charge in [-0.1, -0.05) is 24.3 Å². The third kappa shape index (κ3) is 3.61. The van der Waals surface area contributed by atoms with Crippen LogP contribution in [0.5, 0.6) is 5.75 Å². The third-order valence-electron chi connectivity index (χ3n) is 4.40. The molecule has 0 aliphatic heterocycles. The zero-order valence-corrected chi connectivity index (χ0v) is 14.7. The van der Waals surface area contributed by atoms with Crippen molar-refractivity contribution in [2.75, 3.05) is 13.2 Å². The van der Waals surface area contributed by atoms with Crippen LogP contribution in [0.25, 0.3) is 11.6 Å². The maximum Gasteiger partial charge on any atom is 0.254 e. The molecule has 26 heavy (non-hydrogen) atoms. The Morgan fingerprint density at radius 2 is 2.15 bits per heavy atom. The van der Waals surface area contributed by atoms with Gasteiger partial charge < -0.3 is 21.3 Å². The zero-order chi connectivity index (χ0) is 18.7. The fourth-order valence-electron chi connectivity index (χ4n) is 3.17. The summed E-state index contributed by atoms with van der Waals surface area (Å²) in [6.45, 7) is 2.30. The number of hydrogen-bond donors (Lipinski definition) is 3. The van der Waals surface area contributed by atoms with Gasteiger partial charge in [0.25, 0.3) is 5.91 Å². The Morgan fingerprint density at radius 1 is 1.38 bits per heavy atom. The van der Waals surface area contributed by atoms with E-state index < -0.39 is 12.0 Å². The molecule has 1 aliphatic carbocycles. The number of pyridine rings is 1. The summed E-state index contributed by atoms with van der Waals surface area (Å²) in [4.78, 5) is 16.6. The number of amides is 1. The van der Waals surface area contributed by atoms with Gasteiger partial charge in [0, 0.05) is 25.5 Å². The van der Waals surface area contributed by atoms with E-state index in [1.807, 2.05) is 19.1 Å². The Hall–Kier alpha value is -2.70. The molecule has 1 unspecified atom stereocenters. The number of nitrogens with two attached hydrogens (primary N) is 2. The summed E-state index contributed by atoms with van der Waals surface area (Å²) in [5.41, 5.74) is 15.8. The number of carbonyl (C=O) groups is 1. The summed E-state index contributed by atoms with van der Waals surface area (Å²) in [6.07, 6.45) is 2.17. The minimum atomic E-state index is -0.805. The number of rotatable bonds is 7. The summed E-state index contributed by atoms with van der Waals surface area (Å²) in [5.74, 6) is -0.239. The Kier molecular flexibility index (Phi) is 5.35. The predicted molar refractivity (Wildman–Crippen MR) is 101 cm³/mol. The Morgan fingerprint density at radius 3 is 2.81 bits per heavy atom. The van der Waals surface area contributed by atoms with Gasteiger partial charge in [0.1, 0.15) is 11.3 Å². The van der Waals surface area contributed by atoms with Gasteiger partial charge in [0.05, 0.1) is 24.1 Å². The van der Waals surface area contributed by atoms with E-state index in [2.05, 4.69) is 23.2 Å². The first-order chi connectivity index (χ1) is 12.5. The quantitative estimate of drug-likeness (QED) is 0.699. The number of primary amides is 1. The van der Waals surface area contributed by atoms with Gasteiger partial charge in [-0.25, -0.2) is 0 Å². The molecule has 1 aromatic heterocycles. The molecule has 0 saturated heterocycles. The monoisotopic (exact) mass is 353 g/mol. The second-order valence-corrected chi connectivity index (χ2v) is 6.26. The van der Waals surface area contributed by atoms with E-state index in [1.54, 1.807) is 6.07 Å². The standard InChI is InChI=1S/C20H23N3O3/c1-2-26-18-10-16(14-7-12-5-3-4-6-13(12)8-14)23-17(9-15(24)11-21)19(18)20(22)25/h3-7,10,15,24H,2,8-9,11,21H2,1H3,(H2,22,25). The molecule has 0 spiro atoms. The number of aromatic nitrogens is 1. The lowest BCUT2D eigenvalue weighted by Crippen LogP contribution is -2.26. The van der Waals surface area contributed by atoms with Crippen LogP contribution in [0.3, 0.4) is 0 Å². The lowest BCUT2D eigenvalue weighted by atomic mass is 10.0. The molecule has 1 atom stereocenters. The maximum absolute atomic E-state index is 12.0. The summed E-state index contributed by atoms with van der Waals surface area (Å²) in [5, 5.41) is 9.96. The maximum atomic E-state index is 12.0. The first-order valence-electron chi connectivity index (χ1n) is 8.67. The van der Waals surface area contributed by atoms with E-state index >= 15 is 0 Å². The number of allylic oxidation sites excluding steroid dienone is 1. The fourth-order valence-corrected chi connectivity index (χ4v) is 3.17. The molecule has 2 aromatic rings. The topological polar surface area (TPSA) is 111 Å². The van der Waals surface area contributed by atoms with Crippen molar-refractivity contribution < 1.29 is 14.6 Å². The highest BCUT2D eigenvalue weighted by atomic mass is 16.5. The van der Waals surface area contributed by atoms with Gasteiger partial charge in [0.2, 0.25) is 0 Å². The van der Waals surface area contributed by atoms with Crippen molar-refractivity contribution in [1.29, 1.82) is 0 Å². The molecule has 136 valence electrons. The molecular formula is C20H23N3O3. The molecule has 5 N–H and O–H groups in total. The molecule has 1 aliphatic rings. The molecule has 0 saturated carbocycles.